The van der Waals surface area contributed by atoms with E-state index in [2.05, 4.69) is 21.3 Å². The van der Waals surface area contributed by atoms with E-state index < -0.39 is 32.3 Å². The van der Waals surface area contributed by atoms with Crippen molar-refractivity contribution in [3.63, 3.8) is 0 Å². The molecule has 0 fully saturated rings. The van der Waals surface area contributed by atoms with Crippen LogP contribution in [0.1, 0.15) is 38.9 Å². The fourth-order valence-corrected chi connectivity index (χ4v) is 8.83. The van der Waals surface area contributed by atoms with Gasteiger partial charge in [0.15, 0.2) is 0 Å². The zero-order valence-corrected chi connectivity index (χ0v) is 31.9. The van der Waals surface area contributed by atoms with Crippen LogP contribution in [-0.2, 0) is 20.2 Å². The van der Waals surface area contributed by atoms with E-state index in [0.29, 0.717) is 50.6 Å². The van der Waals surface area contributed by atoms with Gasteiger partial charge < -0.3 is 29.6 Å². The lowest BCUT2D eigenvalue weighted by Gasteiger charge is -2.15. The van der Waals surface area contributed by atoms with Gasteiger partial charge >= 0.3 is 32.3 Å². The number of nitrogens with one attached hydrogen (secondary N) is 4. The summed E-state index contributed by atoms with van der Waals surface area (Å²) in [6, 6.07) is 22.8. The Morgan fingerprint density at radius 1 is 0.472 bits per heavy atom. The minimum absolute atomic E-state index is 0.0868. The first kappa shape index (κ1) is 38.4. The van der Waals surface area contributed by atoms with Gasteiger partial charge in [0.1, 0.15) is 21.3 Å². The Morgan fingerprint density at radius 2 is 0.792 bits per heavy atom. The van der Waals surface area contributed by atoms with Crippen molar-refractivity contribution >= 4 is 55.0 Å². The van der Waals surface area contributed by atoms with Crippen LogP contribution in [0.3, 0.4) is 0 Å². The molecule has 5 rings (SSSR count). The number of amides is 4. The van der Waals surface area contributed by atoms with Gasteiger partial charge in [-0.2, -0.15) is 16.8 Å². The number of carbonyl (C=O) groups excluding carboxylic acids is 2. The van der Waals surface area contributed by atoms with Crippen LogP contribution in [0.25, 0.3) is 0 Å². The molecule has 14 heteroatoms. The Balaban J connectivity index is 1.16. The molecule has 0 heterocycles. The average molecular weight is 757 g/mol. The number of aryl methyl sites for hydroxylation is 6. The van der Waals surface area contributed by atoms with Crippen molar-refractivity contribution in [1.29, 1.82) is 0 Å². The second-order valence-electron chi connectivity index (χ2n) is 12.7. The van der Waals surface area contributed by atoms with E-state index in [0.717, 1.165) is 11.1 Å². The van der Waals surface area contributed by atoms with Crippen LogP contribution in [0.2, 0.25) is 0 Å². The summed E-state index contributed by atoms with van der Waals surface area (Å²) < 4.78 is 62.7. The number of urea groups is 2. The van der Waals surface area contributed by atoms with Gasteiger partial charge in [0.2, 0.25) is 0 Å². The third-order valence-corrected chi connectivity index (χ3v) is 11.3. The topological polar surface area (TPSA) is 169 Å². The Labute approximate surface area is 309 Å². The summed E-state index contributed by atoms with van der Waals surface area (Å²) in [5.74, 6) is 0.174. The van der Waals surface area contributed by atoms with Crippen molar-refractivity contribution in [3.8, 4) is 11.5 Å². The molecule has 0 aromatic heterocycles. The van der Waals surface area contributed by atoms with E-state index in [-0.39, 0.29) is 21.3 Å². The fourth-order valence-electron chi connectivity index (χ4n) is 6.12. The monoisotopic (exact) mass is 756 g/mol. The highest BCUT2D eigenvalue weighted by atomic mass is 32.2. The number of benzene rings is 5. The summed E-state index contributed by atoms with van der Waals surface area (Å²) in [5, 5.41) is 10.9. The van der Waals surface area contributed by atoms with Crippen LogP contribution < -0.4 is 29.6 Å². The molecule has 0 aliphatic carbocycles. The second kappa shape index (κ2) is 15.4. The molecule has 12 nitrogen and oxygen atoms in total. The molecule has 53 heavy (non-hydrogen) atoms. The smallest absolute Gasteiger partial charge is 0.339 e. The third-order valence-electron chi connectivity index (χ3n) is 8.18. The molecule has 0 atom stereocenters. The van der Waals surface area contributed by atoms with Gasteiger partial charge in [0.05, 0.1) is 0 Å². The lowest BCUT2D eigenvalue weighted by molar-refractivity contribution is 0.261. The molecule has 0 aliphatic heterocycles. The van der Waals surface area contributed by atoms with E-state index in [1.807, 2.05) is 13.8 Å². The highest BCUT2D eigenvalue weighted by Gasteiger charge is 2.24. The molecular weight excluding hydrogens is 717 g/mol. The lowest BCUT2D eigenvalue weighted by atomic mass is 10.1. The number of anilines is 4. The molecule has 0 saturated heterocycles. The van der Waals surface area contributed by atoms with E-state index in [1.54, 1.807) is 77.1 Å². The second-order valence-corrected chi connectivity index (χ2v) is 15.7. The van der Waals surface area contributed by atoms with E-state index in [1.165, 1.54) is 48.5 Å². The maximum atomic E-state index is 13.0. The molecular formula is C39H40N4O8S2. The summed E-state index contributed by atoms with van der Waals surface area (Å²) in [6.07, 6.45) is 0. The van der Waals surface area contributed by atoms with Crippen molar-refractivity contribution in [3.05, 3.63) is 130 Å². The van der Waals surface area contributed by atoms with E-state index in [9.17, 15) is 26.4 Å². The first-order valence-electron chi connectivity index (χ1n) is 16.4. The van der Waals surface area contributed by atoms with Gasteiger partial charge in [-0.05, 0) is 137 Å². The summed E-state index contributed by atoms with van der Waals surface area (Å²) in [5.41, 5.74) is 6.44. The average Bonchev–Trinajstić information content (AvgIpc) is 3.03. The van der Waals surface area contributed by atoms with E-state index >= 15 is 0 Å². The number of hydrogen-bond donors (Lipinski definition) is 4. The van der Waals surface area contributed by atoms with Crippen molar-refractivity contribution in [1.82, 2.24) is 0 Å². The molecule has 0 spiro atoms. The molecule has 0 saturated carbocycles. The standard InChI is InChI=1S/C39H40N4O8S2/c1-23-19-25(3)36(26(4)20-23)52(46,47)50-32-15-11-30(12-16-32)40-38(44)42-34-9-8-10-35(29(34)7)43-39(45)41-31-13-17-33(18-14-31)51-53(48,49)37-27(5)21-24(2)22-28(37)6/h8-22H,1-7H3,(H2,40,42,44)(H2,41,43,45). The fraction of sp³-hybridized carbons (Fsp3) is 0.179. The van der Waals surface area contributed by atoms with Gasteiger partial charge in [-0.3, -0.25) is 0 Å². The molecule has 276 valence electrons. The van der Waals surface area contributed by atoms with Crippen LogP contribution >= 0.6 is 0 Å². The minimum Gasteiger partial charge on any atom is -0.379 e. The highest BCUT2D eigenvalue weighted by Crippen LogP contribution is 2.29. The Kier molecular flexibility index (Phi) is 11.1. The van der Waals surface area contributed by atoms with Crippen molar-refractivity contribution in [2.45, 2.75) is 58.3 Å². The third kappa shape index (κ3) is 9.33. The first-order valence-corrected chi connectivity index (χ1v) is 19.2. The first-order chi connectivity index (χ1) is 24.9. The maximum absolute atomic E-state index is 13.0. The van der Waals surface area contributed by atoms with Crippen LogP contribution in [0.5, 0.6) is 11.5 Å². The molecule has 4 N–H and O–H groups in total. The normalized spacial score (nSPS) is 11.4. The van der Waals surface area contributed by atoms with Gasteiger partial charge in [0.25, 0.3) is 0 Å². The van der Waals surface area contributed by atoms with Gasteiger partial charge in [-0.1, -0.05) is 41.5 Å². The van der Waals surface area contributed by atoms with Crippen LogP contribution in [0.4, 0.5) is 32.3 Å². The molecule has 0 bridgehead atoms. The van der Waals surface area contributed by atoms with Crippen molar-refractivity contribution in [2.75, 3.05) is 21.3 Å². The summed E-state index contributed by atoms with van der Waals surface area (Å²) in [6.45, 7) is 12.4. The Morgan fingerprint density at radius 3 is 1.11 bits per heavy atom. The minimum atomic E-state index is -4.08. The van der Waals surface area contributed by atoms with Gasteiger partial charge in [-0.25, -0.2) is 9.59 Å². The quantitative estimate of drug-likeness (QED) is 0.103. The van der Waals surface area contributed by atoms with Crippen LogP contribution in [0, 0.1) is 48.5 Å². The Hall–Kier alpha value is -5.86. The van der Waals surface area contributed by atoms with E-state index in [4.69, 9.17) is 8.37 Å². The predicted molar refractivity (Wildman–Crippen MR) is 206 cm³/mol. The summed E-state index contributed by atoms with van der Waals surface area (Å²) in [4.78, 5) is 25.9. The van der Waals surface area contributed by atoms with Crippen LogP contribution in [0.15, 0.2) is 101 Å². The summed E-state index contributed by atoms with van der Waals surface area (Å²) >= 11 is 0. The number of hydrogen-bond acceptors (Lipinski definition) is 8. The maximum Gasteiger partial charge on any atom is 0.339 e. The Bertz CT molecular complexity index is 2220. The molecule has 0 aliphatic rings. The zero-order chi connectivity index (χ0) is 38.7. The number of carbonyl (C=O) groups is 2. The highest BCUT2D eigenvalue weighted by molar-refractivity contribution is 7.87. The molecule has 0 radical (unpaired) electrons. The van der Waals surface area contributed by atoms with Crippen molar-refractivity contribution < 1.29 is 34.8 Å². The van der Waals surface area contributed by atoms with Crippen molar-refractivity contribution in [2.24, 2.45) is 0 Å². The zero-order valence-electron chi connectivity index (χ0n) is 30.2. The van der Waals surface area contributed by atoms with Crippen LogP contribution in [-0.4, -0.2) is 28.9 Å². The predicted octanol–water partition coefficient (Wildman–Crippen LogP) is 8.67. The SMILES string of the molecule is Cc1cc(C)c(S(=O)(=O)Oc2ccc(NC(=O)Nc3cccc(NC(=O)Nc4ccc(OS(=O)(=O)c5c(C)cc(C)cc5C)cc4)c3C)cc2)c(C)c1. The summed E-state index contributed by atoms with van der Waals surface area (Å²) in [7, 11) is -8.17. The van der Waals surface area contributed by atoms with Gasteiger partial charge in [0, 0.05) is 22.7 Å². The van der Waals surface area contributed by atoms with Gasteiger partial charge in [-0.15, -0.1) is 0 Å². The largest absolute Gasteiger partial charge is 0.379 e. The number of rotatable bonds is 10. The molecule has 4 amide bonds. The molecule has 5 aromatic rings. The molecule has 5 aromatic carbocycles. The molecule has 0 unspecified atom stereocenters. The lowest BCUT2D eigenvalue weighted by Crippen LogP contribution is -2.22.